The van der Waals surface area contributed by atoms with E-state index in [0.29, 0.717) is 6.54 Å². The van der Waals surface area contributed by atoms with E-state index in [1.165, 1.54) is 0 Å². The van der Waals surface area contributed by atoms with Crippen LogP contribution >= 0.6 is 0 Å². The molecule has 2 unspecified atom stereocenters. The molecule has 0 aromatic rings. The largest absolute Gasteiger partial charge is 0.374 e. The molecule has 5 heteroatoms. The topological polar surface area (TPSA) is 65.7 Å². The molecule has 0 aromatic heterocycles. The minimum atomic E-state index is -0.201. The maximum Gasteiger partial charge on any atom is 0.158 e. The Labute approximate surface area is 104 Å². The zero-order valence-electron chi connectivity index (χ0n) is 11.2. The van der Waals surface area contributed by atoms with Gasteiger partial charge in [-0.2, -0.15) is 0 Å². The van der Waals surface area contributed by atoms with E-state index in [1.54, 1.807) is 14.2 Å². The molecule has 17 heavy (non-hydrogen) atoms. The van der Waals surface area contributed by atoms with Crippen molar-refractivity contribution in [3.05, 3.63) is 0 Å². The average Bonchev–Trinajstić information content (AvgIpc) is 2.77. The van der Waals surface area contributed by atoms with Crippen LogP contribution in [0, 0.1) is 0 Å². The van der Waals surface area contributed by atoms with Crippen LogP contribution in [0.2, 0.25) is 0 Å². The van der Waals surface area contributed by atoms with E-state index in [1.807, 2.05) is 0 Å². The Balaban J connectivity index is 2.31. The lowest BCUT2D eigenvalue weighted by Gasteiger charge is -2.28. The fourth-order valence-electron chi connectivity index (χ4n) is 2.12. The van der Waals surface area contributed by atoms with E-state index in [2.05, 4.69) is 12.2 Å². The van der Waals surface area contributed by atoms with Crippen LogP contribution in [0.3, 0.4) is 0 Å². The van der Waals surface area contributed by atoms with Crippen LogP contribution in [0.15, 0.2) is 0 Å². The molecule has 0 radical (unpaired) electrons. The molecule has 0 aromatic carbocycles. The summed E-state index contributed by atoms with van der Waals surface area (Å²) in [6.07, 6.45) is 2.80. The fraction of sp³-hybridized carbons (Fsp3) is 1.00. The standard InChI is InChI=1S/C12H26N2O3/c1-12(5-4-6-17-12)9-14-10(8-13)7-11(15-2)16-3/h10-11,14H,4-9,13H2,1-3H3. The third-order valence-corrected chi connectivity index (χ3v) is 3.35. The van der Waals surface area contributed by atoms with Crippen molar-refractivity contribution in [2.24, 2.45) is 5.73 Å². The first kappa shape index (κ1) is 14.9. The van der Waals surface area contributed by atoms with Crippen molar-refractivity contribution in [3.8, 4) is 0 Å². The van der Waals surface area contributed by atoms with E-state index in [9.17, 15) is 0 Å². The monoisotopic (exact) mass is 246 g/mol. The molecule has 1 saturated heterocycles. The van der Waals surface area contributed by atoms with Gasteiger partial charge in [0.05, 0.1) is 5.60 Å². The zero-order valence-corrected chi connectivity index (χ0v) is 11.2. The highest BCUT2D eigenvalue weighted by molar-refractivity contribution is 4.84. The minimum Gasteiger partial charge on any atom is -0.374 e. The first-order chi connectivity index (χ1) is 8.13. The highest BCUT2D eigenvalue weighted by Gasteiger charge is 2.30. The zero-order chi connectivity index (χ0) is 12.7. The van der Waals surface area contributed by atoms with Crippen molar-refractivity contribution >= 4 is 0 Å². The van der Waals surface area contributed by atoms with Gasteiger partial charge in [-0.05, 0) is 19.8 Å². The Morgan fingerprint density at radius 3 is 2.59 bits per heavy atom. The smallest absolute Gasteiger partial charge is 0.158 e. The van der Waals surface area contributed by atoms with E-state index in [0.717, 1.165) is 32.4 Å². The number of ether oxygens (including phenoxy) is 3. The number of rotatable bonds is 8. The molecule has 0 bridgehead atoms. The summed E-state index contributed by atoms with van der Waals surface area (Å²) >= 11 is 0. The molecule has 0 saturated carbocycles. The van der Waals surface area contributed by atoms with Crippen LogP contribution in [0.5, 0.6) is 0 Å². The fourth-order valence-corrected chi connectivity index (χ4v) is 2.12. The number of methoxy groups -OCH3 is 2. The van der Waals surface area contributed by atoms with Crippen LogP contribution in [0.1, 0.15) is 26.2 Å². The number of hydrogen-bond donors (Lipinski definition) is 2. The molecular formula is C12H26N2O3. The molecule has 102 valence electrons. The van der Waals surface area contributed by atoms with E-state index >= 15 is 0 Å². The molecule has 1 rings (SSSR count). The van der Waals surface area contributed by atoms with Crippen molar-refractivity contribution in [2.45, 2.75) is 44.1 Å². The number of nitrogens with two attached hydrogens (primary N) is 1. The molecular weight excluding hydrogens is 220 g/mol. The Hall–Kier alpha value is -0.200. The van der Waals surface area contributed by atoms with Crippen molar-refractivity contribution in [3.63, 3.8) is 0 Å². The molecule has 0 amide bonds. The summed E-state index contributed by atoms with van der Waals surface area (Å²) in [6, 6.07) is 0.195. The second-order valence-corrected chi connectivity index (χ2v) is 4.85. The maximum atomic E-state index is 5.74. The van der Waals surface area contributed by atoms with Crippen LogP contribution in [0.25, 0.3) is 0 Å². The van der Waals surface area contributed by atoms with Gasteiger partial charge in [-0.25, -0.2) is 0 Å². The van der Waals surface area contributed by atoms with E-state index in [4.69, 9.17) is 19.9 Å². The highest BCUT2D eigenvalue weighted by atomic mass is 16.7. The van der Waals surface area contributed by atoms with Crippen LogP contribution < -0.4 is 11.1 Å². The third kappa shape index (κ3) is 4.89. The van der Waals surface area contributed by atoms with Crippen molar-refractivity contribution in [1.82, 2.24) is 5.32 Å². The van der Waals surface area contributed by atoms with Gasteiger partial charge in [0.15, 0.2) is 6.29 Å². The average molecular weight is 246 g/mol. The lowest BCUT2D eigenvalue weighted by molar-refractivity contribution is -0.111. The number of nitrogens with one attached hydrogen (secondary N) is 1. The molecule has 2 atom stereocenters. The Bertz CT molecular complexity index is 204. The van der Waals surface area contributed by atoms with Gasteiger partial charge in [-0.1, -0.05) is 0 Å². The first-order valence-electron chi connectivity index (χ1n) is 6.26. The van der Waals surface area contributed by atoms with Gasteiger partial charge in [0.25, 0.3) is 0 Å². The predicted molar refractivity (Wildman–Crippen MR) is 66.9 cm³/mol. The summed E-state index contributed by atoms with van der Waals surface area (Å²) in [5.41, 5.74) is 5.71. The lowest BCUT2D eigenvalue weighted by Crippen LogP contribution is -2.46. The van der Waals surface area contributed by atoms with Gasteiger partial charge in [0, 0.05) is 46.4 Å². The third-order valence-electron chi connectivity index (χ3n) is 3.35. The van der Waals surface area contributed by atoms with Gasteiger partial charge in [0.1, 0.15) is 0 Å². The van der Waals surface area contributed by atoms with Gasteiger partial charge >= 0.3 is 0 Å². The summed E-state index contributed by atoms with van der Waals surface area (Å²) in [6.45, 7) is 4.41. The molecule has 1 fully saturated rings. The summed E-state index contributed by atoms with van der Waals surface area (Å²) < 4.78 is 16.1. The quantitative estimate of drug-likeness (QED) is 0.610. The molecule has 0 spiro atoms. The van der Waals surface area contributed by atoms with Gasteiger partial charge < -0.3 is 25.3 Å². The van der Waals surface area contributed by atoms with E-state index in [-0.39, 0.29) is 17.9 Å². The van der Waals surface area contributed by atoms with Gasteiger partial charge in [-0.3, -0.25) is 0 Å². The minimum absolute atomic E-state index is 0.0386. The normalized spacial score (nSPS) is 26.6. The second-order valence-electron chi connectivity index (χ2n) is 4.85. The molecule has 1 aliphatic rings. The molecule has 0 aliphatic carbocycles. The molecule has 1 heterocycles. The molecule has 3 N–H and O–H groups in total. The summed E-state index contributed by atoms with van der Waals surface area (Å²) in [5.74, 6) is 0. The summed E-state index contributed by atoms with van der Waals surface area (Å²) in [5, 5.41) is 3.44. The maximum absolute atomic E-state index is 5.74. The van der Waals surface area contributed by atoms with Crippen LogP contribution in [-0.4, -0.2) is 51.8 Å². The number of hydrogen-bond acceptors (Lipinski definition) is 5. The SMILES string of the molecule is COC(CC(CN)NCC1(C)CCCO1)OC. The summed E-state index contributed by atoms with van der Waals surface area (Å²) in [4.78, 5) is 0. The second kappa shape index (κ2) is 7.28. The Morgan fingerprint density at radius 1 is 1.41 bits per heavy atom. The van der Waals surface area contributed by atoms with Crippen molar-refractivity contribution in [1.29, 1.82) is 0 Å². The van der Waals surface area contributed by atoms with Gasteiger partial charge in [-0.15, -0.1) is 0 Å². The van der Waals surface area contributed by atoms with Crippen LogP contribution in [-0.2, 0) is 14.2 Å². The van der Waals surface area contributed by atoms with Gasteiger partial charge in [0.2, 0.25) is 0 Å². The Kier molecular flexibility index (Phi) is 6.37. The predicted octanol–water partition coefficient (Wildman–Crippen LogP) is 0.481. The van der Waals surface area contributed by atoms with Crippen molar-refractivity contribution < 1.29 is 14.2 Å². The van der Waals surface area contributed by atoms with Crippen LogP contribution in [0.4, 0.5) is 0 Å². The molecule has 1 aliphatic heterocycles. The lowest BCUT2D eigenvalue weighted by atomic mass is 10.0. The first-order valence-corrected chi connectivity index (χ1v) is 6.26. The molecule has 5 nitrogen and oxygen atoms in total. The highest BCUT2D eigenvalue weighted by Crippen LogP contribution is 2.24. The van der Waals surface area contributed by atoms with Crippen molar-refractivity contribution in [2.75, 3.05) is 33.9 Å². The summed E-state index contributed by atoms with van der Waals surface area (Å²) in [7, 11) is 3.28. The van der Waals surface area contributed by atoms with E-state index < -0.39 is 0 Å². The Morgan fingerprint density at radius 2 is 2.12 bits per heavy atom.